The summed E-state index contributed by atoms with van der Waals surface area (Å²) in [5.74, 6) is -0.0839. The average Bonchev–Trinajstić information content (AvgIpc) is 2.17. The molecule has 0 spiro atoms. The maximum absolute atomic E-state index is 10.8. The van der Waals surface area contributed by atoms with Crippen molar-refractivity contribution in [2.45, 2.75) is 6.92 Å². The van der Waals surface area contributed by atoms with E-state index < -0.39 is 5.97 Å². The summed E-state index contributed by atoms with van der Waals surface area (Å²) in [7, 11) is 2.96. The van der Waals surface area contributed by atoms with Crippen LogP contribution in [0.4, 0.5) is 0 Å². The first-order valence-electron chi connectivity index (χ1n) is 4.06. The number of rotatable bonds is 3. The highest BCUT2D eigenvalue weighted by atomic mass is 16.5. The number of aromatic carboxylic acids is 1. The Kier molecular flexibility index (Phi) is 2.96. The van der Waals surface area contributed by atoms with E-state index in [0.717, 1.165) is 5.56 Å². The van der Waals surface area contributed by atoms with Gasteiger partial charge in [0, 0.05) is 6.07 Å². The Morgan fingerprint density at radius 1 is 1.21 bits per heavy atom. The van der Waals surface area contributed by atoms with Crippen LogP contribution in [0.2, 0.25) is 0 Å². The van der Waals surface area contributed by atoms with Crippen molar-refractivity contribution in [3.8, 4) is 11.5 Å². The fourth-order valence-electron chi connectivity index (χ4n) is 1.23. The standard InChI is InChI=1S/C10H12O4/c1-6-4-7(10(11)12)9(14-3)5-8(6)13-2/h4-5H,1-3H3,(H,11,12). The second kappa shape index (κ2) is 4.00. The normalized spacial score (nSPS) is 9.64. The molecule has 1 N–H and O–H groups in total. The largest absolute Gasteiger partial charge is 0.496 e. The Balaban J connectivity index is 3.31. The molecule has 0 radical (unpaired) electrons. The summed E-state index contributed by atoms with van der Waals surface area (Å²) in [4.78, 5) is 10.8. The number of ether oxygens (including phenoxy) is 2. The highest BCUT2D eigenvalue weighted by molar-refractivity contribution is 5.91. The number of carboxylic acid groups (broad SMARTS) is 1. The van der Waals surface area contributed by atoms with E-state index in [1.165, 1.54) is 20.3 Å². The van der Waals surface area contributed by atoms with Crippen LogP contribution in [0, 0.1) is 6.92 Å². The molecule has 0 fully saturated rings. The van der Waals surface area contributed by atoms with Crippen LogP contribution < -0.4 is 9.47 Å². The molecule has 0 saturated heterocycles. The van der Waals surface area contributed by atoms with Gasteiger partial charge in [-0.1, -0.05) is 0 Å². The van der Waals surface area contributed by atoms with Crippen LogP contribution in [0.5, 0.6) is 11.5 Å². The second-order valence-electron chi connectivity index (χ2n) is 2.83. The zero-order valence-electron chi connectivity index (χ0n) is 8.33. The predicted octanol–water partition coefficient (Wildman–Crippen LogP) is 1.71. The molecule has 1 aromatic rings. The van der Waals surface area contributed by atoms with Crippen LogP contribution in [-0.2, 0) is 0 Å². The Labute approximate surface area is 82.1 Å². The topological polar surface area (TPSA) is 55.8 Å². The third-order valence-corrected chi connectivity index (χ3v) is 1.95. The van der Waals surface area contributed by atoms with E-state index in [2.05, 4.69) is 0 Å². The molecule has 0 unspecified atom stereocenters. The molecule has 1 aromatic carbocycles. The van der Waals surface area contributed by atoms with E-state index in [0.29, 0.717) is 11.5 Å². The van der Waals surface area contributed by atoms with E-state index >= 15 is 0 Å². The minimum Gasteiger partial charge on any atom is -0.496 e. The third kappa shape index (κ3) is 1.79. The molecule has 76 valence electrons. The van der Waals surface area contributed by atoms with Crippen LogP contribution in [0.3, 0.4) is 0 Å². The highest BCUT2D eigenvalue weighted by Gasteiger charge is 2.13. The molecule has 0 bridgehead atoms. The lowest BCUT2D eigenvalue weighted by molar-refractivity contribution is 0.0693. The van der Waals surface area contributed by atoms with Gasteiger partial charge in [-0.3, -0.25) is 0 Å². The number of methoxy groups -OCH3 is 2. The molecule has 0 aliphatic carbocycles. The molecule has 0 amide bonds. The molecule has 4 heteroatoms. The van der Waals surface area contributed by atoms with Gasteiger partial charge in [0.1, 0.15) is 17.1 Å². The molecule has 0 saturated carbocycles. The van der Waals surface area contributed by atoms with Crippen LogP contribution in [-0.4, -0.2) is 25.3 Å². The van der Waals surface area contributed by atoms with Crippen molar-refractivity contribution in [1.82, 2.24) is 0 Å². The van der Waals surface area contributed by atoms with Crippen molar-refractivity contribution >= 4 is 5.97 Å². The minimum atomic E-state index is -1.01. The molecule has 0 aliphatic heterocycles. The maximum atomic E-state index is 10.8. The zero-order chi connectivity index (χ0) is 10.7. The van der Waals surface area contributed by atoms with Gasteiger partial charge in [0.05, 0.1) is 14.2 Å². The van der Waals surface area contributed by atoms with Gasteiger partial charge in [-0.05, 0) is 18.6 Å². The number of aryl methyl sites for hydroxylation is 1. The quantitative estimate of drug-likeness (QED) is 0.799. The van der Waals surface area contributed by atoms with Gasteiger partial charge in [-0.25, -0.2) is 4.79 Å². The van der Waals surface area contributed by atoms with Crippen molar-refractivity contribution in [2.24, 2.45) is 0 Å². The molecule has 0 heterocycles. The van der Waals surface area contributed by atoms with E-state index in [4.69, 9.17) is 14.6 Å². The highest BCUT2D eigenvalue weighted by Crippen LogP contribution is 2.28. The van der Waals surface area contributed by atoms with Crippen molar-refractivity contribution in [1.29, 1.82) is 0 Å². The summed E-state index contributed by atoms with van der Waals surface area (Å²) < 4.78 is 9.99. The smallest absolute Gasteiger partial charge is 0.339 e. The van der Waals surface area contributed by atoms with Crippen molar-refractivity contribution in [2.75, 3.05) is 14.2 Å². The SMILES string of the molecule is COc1cc(OC)c(C(=O)O)cc1C. The van der Waals surface area contributed by atoms with Gasteiger partial charge in [0.15, 0.2) is 0 Å². The maximum Gasteiger partial charge on any atom is 0.339 e. The van der Waals surface area contributed by atoms with Crippen LogP contribution in [0.1, 0.15) is 15.9 Å². The summed E-state index contributed by atoms with van der Waals surface area (Å²) in [6, 6.07) is 3.10. The summed E-state index contributed by atoms with van der Waals surface area (Å²) in [5.41, 5.74) is 0.913. The van der Waals surface area contributed by atoms with E-state index in [1.54, 1.807) is 13.0 Å². The fraction of sp³-hybridized carbons (Fsp3) is 0.300. The molecular formula is C10H12O4. The summed E-state index contributed by atoms with van der Waals surface area (Å²) in [6.45, 7) is 1.78. The number of benzene rings is 1. The molecule has 14 heavy (non-hydrogen) atoms. The molecule has 4 nitrogen and oxygen atoms in total. The Morgan fingerprint density at radius 3 is 2.21 bits per heavy atom. The first kappa shape index (κ1) is 10.4. The van der Waals surface area contributed by atoms with Gasteiger partial charge in [-0.2, -0.15) is 0 Å². The second-order valence-corrected chi connectivity index (χ2v) is 2.83. The molecule has 1 rings (SSSR count). The molecular weight excluding hydrogens is 184 g/mol. The monoisotopic (exact) mass is 196 g/mol. The Hall–Kier alpha value is -1.71. The minimum absolute atomic E-state index is 0.144. The average molecular weight is 196 g/mol. The van der Waals surface area contributed by atoms with Gasteiger partial charge in [0.25, 0.3) is 0 Å². The lowest BCUT2D eigenvalue weighted by atomic mass is 10.1. The molecule has 0 aromatic heterocycles. The lowest BCUT2D eigenvalue weighted by Crippen LogP contribution is -2.02. The first-order chi connectivity index (χ1) is 6.60. The van der Waals surface area contributed by atoms with E-state index in [1.807, 2.05) is 0 Å². The van der Waals surface area contributed by atoms with Crippen LogP contribution in [0.25, 0.3) is 0 Å². The van der Waals surface area contributed by atoms with Gasteiger partial charge in [-0.15, -0.1) is 0 Å². The Morgan fingerprint density at radius 2 is 1.79 bits per heavy atom. The van der Waals surface area contributed by atoms with Gasteiger partial charge < -0.3 is 14.6 Å². The number of hydrogen-bond acceptors (Lipinski definition) is 3. The number of hydrogen-bond donors (Lipinski definition) is 1. The van der Waals surface area contributed by atoms with E-state index in [-0.39, 0.29) is 5.56 Å². The van der Waals surface area contributed by atoms with Crippen molar-refractivity contribution in [3.05, 3.63) is 23.3 Å². The summed E-state index contributed by atoms with van der Waals surface area (Å²) >= 11 is 0. The lowest BCUT2D eigenvalue weighted by Gasteiger charge is -2.09. The predicted molar refractivity (Wildman–Crippen MR) is 51.2 cm³/mol. The third-order valence-electron chi connectivity index (χ3n) is 1.95. The van der Waals surface area contributed by atoms with Crippen molar-refractivity contribution in [3.63, 3.8) is 0 Å². The van der Waals surface area contributed by atoms with Gasteiger partial charge in [0.2, 0.25) is 0 Å². The van der Waals surface area contributed by atoms with E-state index in [9.17, 15) is 4.79 Å². The van der Waals surface area contributed by atoms with Gasteiger partial charge >= 0.3 is 5.97 Å². The molecule has 0 aliphatic rings. The number of carbonyl (C=O) groups is 1. The summed E-state index contributed by atoms with van der Waals surface area (Å²) in [6.07, 6.45) is 0. The van der Waals surface area contributed by atoms with Crippen LogP contribution >= 0.6 is 0 Å². The molecule has 0 atom stereocenters. The first-order valence-corrected chi connectivity index (χ1v) is 4.06. The summed E-state index contributed by atoms with van der Waals surface area (Å²) in [5, 5.41) is 8.86. The van der Waals surface area contributed by atoms with Crippen molar-refractivity contribution < 1.29 is 19.4 Å². The zero-order valence-corrected chi connectivity index (χ0v) is 8.33. The Bertz CT molecular complexity index is 357. The fourth-order valence-corrected chi connectivity index (χ4v) is 1.23. The number of carboxylic acids is 1. The van der Waals surface area contributed by atoms with Crippen LogP contribution in [0.15, 0.2) is 12.1 Å².